The van der Waals surface area contributed by atoms with Gasteiger partial charge in [-0.15, -0.1) is 10.2 Å². The average molecular weight is 539 g/mol. The van der Waals surface area contributed by atoms with Crippen molar-refractivity contribution in [3.8, 4) is 17.0 Å². The second kappa shape index (κ2) is 12.2. The summed E-state index contributed by atoms with van der Waals surface area (Å²) in [6.07, 6.45) is 3.11. The minimum absolute atomic E-state index is 0.0790. The number of nitrogens with one attached hydrogen (secondary N) is 4. The molecule has 0 saturated heterocycles. The number of aromatic nitrogens is 5. The molecule has 5 N–H and O–H groups in total. The lowest BCUT2D eigenvalue weighted by molar-refractivity contribution is -0.123. The molecule has 2 heterocycles. The average Bonchev–Trinajstić information content (AvgIpc) is 3.66. The van der Waals surface area contributed by atoms with Gasteiger partial charge in [-0.25, -0.2) is 0 Å². The van der Waals surface area contributed by atoms with E-state index in [1.165, 1.54) is 24.2 Å². The van der Waals surface area contributed by atoms with Crippen molar-refractivity contribution in [2.75, 3.05) is 30.9 Å². The molecule has 0 atom stereocenters. The van der Waals surface area contributed by atoms with Crippen molar-refractivity contribution in [2.45, 2.75) is 24.6 Å². The normalized spacial score (nSPS) is 12.8. The fourth-order valence-electron chi connectivity index (χ4n) is 3.63. The maximum Gasteiger partial charge on any atom is 0.272 e. The molecule has 3 amide bonds. The summed E-state index contributed by atoms with van der Waals surface area (Å²) in [4.78, 5) is 37.7. The number of hydrogen-bond acceptors (Lipinski definition) is 10. The van der Waals surface area contributed by atoms with Crippen LogP contribution in [-0.2, 0) is 16.1 Å². The Kier molecular flexibility index (Phi) is 8.72. The Morgan fingerprint density at radius 1 is 1.18 bits per heavy atom. The predicted octanol–water partition coefficient (Wildman–Crippen LogP) is -1.21. The van der Waals surface area contributed by atoms with Crippen LogP contribution < -0.4 is 26.0 Å². The number of nitrogens with zero attached hydrogens (tertiary/aromatic N) is 5. The smallest absolute Gasteiger partial charge is 0.272 e. The van der Waals surface area contributed by atoms with Crippen LogP contribution in [-0.4, -0.2) is 97.1 Å². The third kappa shape index (κ3) is 7.37. The number of rotatable bonds is 12. The van der Waals surface area contributed by atoms with Crippen molar-refractivity contribution in [1.82, 2.24) is 35.8 Å². The quantitative estimate of drug-likeness (QED) is 0.175. The van der Waals surface area contributed by atoms with E-state index in [-0.39, 0.29) is 42.1 Å². The van der Waals surface area contributed by atoms with Crippen molar-refractivity contribution in [1.29, 1.82) is 0 Å². The lowest BCUT2D eigenvalue weighted by Gasteiger charge is -2.23. The summed E-state index contributed by atoms with van der Waals surface area (Å²) >= 11 is 0. The number of aliphatic hydroxyl groups is 1. The lowest BCUT2D eigenvalue weighted by Crippen LogP contribution is -2.50. The van der Waals surface area contributed by atoms with Crippen LogP contribution in [0.3, 0.4) is 0 Å². The molecule has 200 valence electrons. The first-order valence-electron chi connectivity index (χ1n) is 12.2. The Bertz CT molecular complexity index is 1410. The van der Waals surface area contributed by atoms with Crippen LogP contribution in [0.5, 0.6) is 5.75 Å². The van der Waals surface area contributed by atoms with Gasteiger partial charge in [0.2, 0.25) is 11.8 Å². The van der Waals surface area contributed by atoms with Gasteiger partial charge in [0.15, 0.2) is 17.3 Å². The molecule has 3 aromatic rings. The van der Waals surface area contributed by atoms with E-state index in [0.717, 1.165) is 12.8 Å². The minimum atomic E-state index is -2.01. The molecule has 1 saturated carbocycles. The monoisotopic (exact) mass is 539 g/mol. The van der Waals surface area contributed by atoms with Crippen molar-refractivity contribution in [3.05, 3.63) is 36.2 Å². The zero-order valence-corrected chi connectivity index (χ0v) is 21.5. The Labute approximate surface area is 233 Å². The minimum Gasteiger partial charge on any atom is -0.494 e. The third-order valence-electron chi connectivity index (χ3n) is 5.62. The Morgan fingerprint density at radius 2 is 1.95 bits per heavy atom. The standard InChI is InChI=1S/C23H24B3N9O5/c1-40-20-13(16-10-28-35(34-16)8-7-27-18(37)11-36)3-2-4-14(20)29-15-9-17(30-21(38)12-5-6-12)32-33-19(15)22(39)31-23(24,25)26/h2-4,9-10,12,36H,5-8,11H2,1H3,(H,27,37)(H,31,39)(H2,29,30,32,38). The summed E-state index contributed by atoms with van der Waals surface area (Å²) in [5, 5.41) is 33.9. The van der Waals surface area contributed by atoms with E-state index in [0.29, 0.717) is 22.7 Å². The van der Waals surface area contributed by atoms with Gasteiger partial charge in [0.1, 0.15) is 12.3 Å². The highest BCUT2D eigenvalue weighted by Gasteiger charge is 2.30. The largest absolute Gasteiger partial charge is 0.494 e. The summed E-state index contributed by atoms with van der Waals surface area (Å²) in [5.41, 5.74) is 1.42. The van der Waals surface area contributed by atoms with Gasteiger partial charge in [-0.1, -0.05) is 11.3 Å². The molecule has 1 aromatic carbocycles. The molecular formula is C23H24B3N9O5. The van der Waals surface area contributed by atoms with E-state index in [1.54, 1.807) is 18.2 Å². The molecule has 0 unspecified atom stereocenters. The maximum atomic E-state index is 12.8. The number of aliphatic hydroxyl groups excluding tert-OH is 1. The molecule has 0 spiro atoms. The molecular weight excluding hydrogens is 515 g/mol. The lowest BCUT2D eigenvalue weighted by atomic mass is 9.49. The molecule has 1 fully saturated rings. The second-order valence-electron chi connectivity index (χ2n) is 8.99. The molecule has 40 heavy (non-hydrogen) atoms. The Balaban J connectivity index is 1.63. The summed E-state index contributed by atoms with van der Waals surface area (Å²) in [6, 6.07) is 6.63. The number of amides is 3. The highest BCUT2D eigenvalue weighted by atomic mass is 16.5. The summed E-state index contributed by atoms with van der Waals surface area (Å²) in [6.45, 7) is -0.111. The maximum absolute atomic E-state index is 12.8. The van der Waals surface area contributed by atoms with Crippen molar-refractivity contribution >= 4 is 58.5 Å². The van der Waals surface area contributed by atoms with E-state index in [9.17, 15) is 14.4 Å². The van der Waals surface area contributed by atoms with Gasteiger partial charge in [0.05, 0.1) is 54.8 Å². The first kappa shape index (κ1) is 28.6. The van der Waals surface area contributed by atoms with Crippen LogP contribution in [0.1, 0.15) is 23.3 Å². The van der Waals surface area contributed by atoms with E-state index in [2.05, 4.69) is 41.7 Å². The molecule has 2 aromatic heterocycles. The summed E-state index contributed by atoms with van der Waals surface area (Å²) in [5.74, 6) is -1.10. The number of hydrogen-bond donors (Lipinski definition) is 5. The van der Waals surface area contributed by atoms with E-state index in [1.807, 2.05) is 0 Å². The number of para-hydroxylation sites is 1. The number of carbonyl (C=O) groups is 3. The predicted molar refractivity (Wildman–Crippen MR) is 146 cm³/mol. The number of anilines is 3. The van der Waals surface area contributed by atoms with E-state index in [4.69, 9.17) is 33.4 Å². The van der Waals surface area contributed by atoms with E-state index >= 15 is 0 Å². The zero-order valence-electron chi connectivity index (χ0n) is 21.5. The highest BCUT2D eigenvalue weighted by molar-refractivity contribution is 6.60. The number of methoxy groups -OCH3 is 1. The van der Waals surface area contributed by atoms with Crippen molar-refractivity contribution in [3.63, 3.8) is 0 Å². The van der Waals surface area contributed by atoms with Gasteiger partial charge in [0.25, 0.3) is 5.91 Å². The summed E-state index contributed by atoms with van der Waals surface area (Å²) < 4.78 is 5.66. The molecule has 0 aliphatic heterocycles. The number of ether oxygens (including phenoxy) is 1. The molecule has 1 aliphatic rings. The van der Waals surface area contributed by atoms with Crippen LogP contribution >= 0.6 is 0 Å². The van der Waals surface area contributed by atoms with Gasteiger partial charge in [-0.3, -0.25) is 14.4 Å². The van der Waals surface area contributed by atoms with Crippen LogP contribution in [0.2, 0.25) is 0 Å². The van der Waals surface area contributed by atoms with Gasteiger partial charge in [-0.2, -0.15) is 15.0 Å². The van der Waals surface area contributed by atoms with Crippen LogP contribution in [0.15, 0.2) is 30.5 Å². The molecule has 1 aliphatic carbocycles. The van der Waals surface area contributed by atoms with Crippen LogP contribution in [0.25, 0.3) is 11.3 Å². The van der Waals surface area contributed by atoms with Gasteiger partial charge < -0.3 is 31.1 Å². The van der Waals surface area contributed by atoms with Gasteiger partial charge >= 0.3 is 0 Å². The first-order chi connectivity index (χ1) is 19.1. The fraction of sp³-hybridized carbons (Fsp3) is 0.348. The SMILES string of the molecule is [B]C([B])([B])NC(=O)c1nnc(NC(=O)C2CC2)cc1Nc1cccc(-c2cnn(CCNC(=O)CO)n2)c1OC. The molecule has 14 nitrogen and oxygen atoms in total. The summed E-state index contributed by atoms with van der Waals surface area (Å²) in [7, 11) is 18.0. The molecule has 17 heteroatoms. The van der Waals surface area contributed by atoms with Crippen LogP contribution in [0.4, 0.5) is 17.2 Å². The number of benzene rings is 1. The molecule has 0 bridgehead atoms. The van der Waals surface area contributed by atoms with Crippen molar-refractivity contribution in [2.24, 2.45) is 5.92 Å². The van der Waals surface area contributed by atoms with Gasteiger partial charge in [0, 0.05) is 24.1 Å². The fourth-order valence-corrected chi connectivity index (χ4v) is 3.63. The Hall–Kier alpha value is -4.40. The Morgan fingerprint density at radius 3 is 2.62 bits per heavy atom. The third-order valence-corrected chi connectivity index (χ3v) is 5.62. The number of carbonyl (C=O) groups excluding carboxylic acids is 3. The van der Waals surface area contributed by atoms with Crippen molar-refractivity contribution < 1.29 is 24.2 Å². The second-order valence-corrected chi connectivity index (χ2v) is 8.99. The van der Waals surface area contributed by atoms with Gasteiger partial charge in [-0.05, 0) is 25.0 Å². The topological polar surface area (TPSA) is 185 Å². The van der Waals surface area contributed by atoms with E-state index < -0.39 is 23.7 Å². The van der Waals surface area contributed by atoms with Crippen LogP contribution in [0, 0.1) is 5.92 Å². The highest BCUT2D eigenvalue weighted by Crippen LogP contribution is 2.37. The first-order valence-corrected chi connectivity index (χ1v) is 12.2. The zero-order chi connectivity index (χ0) is 28.9. The molecule has 4 rings (SSSR count). The molecule has 6 radical (unpaired) electrons.